The van der Waals surface area contributed by atoms with Gasteiger partial charge in [-0.1, -0.05) is 49.5 Å². The molecule has 2 aliphatic carbocycles. The molecule has 1 aromatic rings. The van der Waals surface area contributed by atoms with Gasteiger partial charge in [-0.05, 0) is 42.9 Å². The van der Waals surface area contributed by atoms with E-state index in [0.717, 1.165) is 11.3 Å². The van der Waals surface area contributed by atoms with E-state index < -0.39 is 25.0 Å². The fourth-order valence-corrected chi connectivity index (χ4v) is 6.86. The fourth-order valence-electron chi connectivity index (χ4n) is 4.82. The Kier molecular flexibility index (Phi) is 5.98. The molecule has 30 heavy (non-hydrogen) atoms. The van der Waals surface area contributed by atoms with Crippen LogP contribution in [-0.2, 0) is 23.9 Å². The lowest BCUT2D eigenvalue weighted by atomic mass is 9.81. The van der Waals surface area contributed by atoms with Crippen LogP contribution in [-0.4, -0.2) is 51.4 Å². The van der Waals surface area contributed by atoms with E-state index in [9.17, 15) is 19.2 Å². The maximum absolute atomic E-state index is 12.8. The number of hydrogen-bond acceptors (Lipinski definition) is 5. The molecule has 2 saturated carbocycles. The van der Waals surface area contributed by atoms with Crippen LogP contribution >= 0.6 is 43.5 Å². The summed E-state index contributed by atoms with van der Waals surface area (Å²) < 4.78 is 4.99. The second-order valence-corrected chi connectivity index (χ2v) is 10.4. The van der Waals surface area contributed by atoms with Crippen molar-refractivity contribution in [3.05, 3.63) is 28.8 Å². The van der Waals surface area contributed by atoms with Crippen molar-refractivity contribution in [2.24, 2.45) is 23.7 Å². The minimum atomic E-state index is -0.798. The van der Waals surface area contributed by atoms with Gasteiger partial charge in [0, 0.05) is 20.4 Å². The normalized spacial score (nSPS) is 31.8. The smallest absolute Gasteiger partial charge is 0.326 e. The van der Waals surface area contributed by atoms with Crippen LogP contribution in [0.1, 0.15) is 12.0 Å². The molecular formula is C20H19Br2ClN2O5. The van der Waals surface area contributed by atoms with E-state index in [1.807, 2.05) is 0 Å². The monoisotopic (exact) mass is 560 g/mol. The van der Waals surface area contributed by atoms with Crippen molar-refractivity contribution in [2.75, 3.05) is 18.5 Å². The molecule has 160 valence electrons. The zero-order valence-corrected chi connectivity index (χ0v) is 19.9. The van der Waals surface area contributed by atoms with E-state index in [2.05, 4.69) is 37.2 Å². The van der Waals surface area contributed by atoms with Gasteiger partial charge in [-0.2, -0.15) is 0 Å². The van der Waals surface area contributed by atoms with Gasteiger partial charge in [0.1, 0.15) is 6.54 Å². The summed E-state index contributed by atoms with van der Waals surface area (Å²) in [6, 6.07) is 5.08. The molecule has 3 fully saturated rings. The lowest BCUT2D eigenvalue weighted by molar-refractivity contribution is -0.154. The molecule has 3 aliphatic rings. The first-order valence-corrected chi connectivity index (χ1v) is 11.8. The molecule has 0 radical (unpaired) electrons. The number of carbonyl (C=O) groups excluding carboxylic acids is 4. The Labute approximate surface area is 195 Å². The average Bonchev–Trinajstić information content (AvgIpc) is 3.31. The summed E-state index contributed by atoms with van der Waals surface area (Å²) in [5, 5.41) is 3.13. The Morgan fingerprint density at radius 3 is 2.37 bits per heavy atom. The number of anilines is 1. The summed E-state index contributed by atoms with van der Waals surface area (Å²) >= 11 is 13.3. The number of imide groups is 1. The maximum Gasteiger partial charge on any atom is 0.326 e. The van der Waals surface area contributed by atoms with Crippen molar-refractivity contribution in [3.8, 4) is 0 Å². The number of amides is 3. The third kappa shape index (κ3) is 3.58. The molecule has 4 rings (SSSR count). The molecule has 6 atom stereocenters. The summed E-state index contributed by atoms with van der Waals surface area (Å²) in [4.78, 5) is 51.1. The molecule has 7 nitrogen and oxygen atoms in total. The summed E-state index contributed by atoms with van der Waals surface area (Å²) in [6.07, 6.45) is 0.819. The Bertz CT molecular complexity index is 910. The number of fused-ring (bicyclic) bond motifs is 5. The number of benzene rings is 1. The van der Waals surface area contributed by atoms with Crippen LogP contribution in [0.15, 0.2) is 18.2 Å². The van der Waals surface area contributed by atoms with Crippen LogP contribution in [0, 0.1) is 30.6 Å². The number of carbonyl (C=O) groups is 4. The van der Waals surface area contributed by atoms with E-state index in [1.165, 1.54) is 0 Å². The first kappa shape index (κ1) is 21.8. The lowest BCUT2D eigenvalue weighted by Crippen LogP contribution is -2.38. The molecule has 0 unspecified atom stereocenters. The lowest BCUT2D eigenvalue weighted by Gasteiger charge is -2.28. The van der Waals surface area contributed by atoms with Gasteiger partial charge >= 0.3 is 5.97 Å². The highest BCUT2D eigenvalue weighted by Crippen LogP contribution is 2.60. The van der Waals surface area contributed by atoms with Crippen LogP contribution in [0.2, 0.25) is 5.02 Å². The molecule has 2 bridgehead atoms. The van der Waals surface area contributed by atoms with Gasteiger partial charge in [0.15, 0.2) is 6.61 Å². The van der Waals surface area contributed by atoms with Gasteiger partial charge in [-0.25, -0.2) is 0 Å². The van der Waals surface area contributed by atoms with Gasteiger partial charge < -0.3 is 10.1 Å². The quantitative estimate of drug-likeness (QED) is 0.339. The molecular weight excluding hydrogens is 543 g/mol. The molecule has 1 aromatic carbocycles. The number of nitrogens with one attached hydrogen (secondary N) is 1. The number of ether oxygens (including phenoxy) is 1. The largest absolute Gasteiger partial charge is 0.454 e. The predicted octanol–water partition coefficient (Wildman–Crippen LogP) is 2.91. The summed E-state index contributed by atoms with van der Waals surface area (Å²) in [5.74, 6) is -2.60. The standard InChI is InChI=1S/C20H19Br2ClN2O5/c1-8-11(23)3-2-4-12(8)24-13(26)7-30-14(27)6-25-19(28)15-9-5-10(16(15)20(25)29)18(22)17(9)21/h2-4,9-10,15-18H,5-7H2,1H3,(H,24,26)/t9-,10-,15-,16+,17-,18+/m1/s1. The van der Waals surface area contributed by atoms with E-state index in [0.29, 0.717) is 16.3 Å². The first-order valence-electron chi connectivity index (χ1n) is 9.54. The van der Waals surface area contributed by atoms with Gasteiger partial charge in [-0.15, -0.1) is 0 Å². The molecule has 3 amide bonds. The van der Waals surface area contributed by atoms with Gasteiger partial charge in [-0.3, -0.25) is 24.1 Å². The highest BCUT2D eigenvalue weighted by atomic mass is 79.9. The van der Waals surface area contributed by atoms with Crippen molar-refractivity contribution >= 4 is 72.8 Å². The number of alkyl halides is 2. The molecule has 1 N–H and O–H groups in total. The minimum absolute atomic E-state index is 0.0774. The number of hydrogen-bond donors (Lipinski definition) is 1. The Morgan fingerprint density at radius 2 is 1.77 bits per heavy atom. The molecule has 0 spiro atoms. The van der Waals surface area contributed by atoms with Crippen LogP contribution < -0.4 is 5.32 Å². The zero-order chi connectivity index (χ0) is 21.7. The van der Waals surface area contributed by atoms with E-state index in [1.54, 1.807) is 25.1 Å². The summed E-state index contributed by atoms with van der Waals surface area (Å²) in [5.41, 5.74) is 1.22. The topological polar surface area (TPSA) is 92.8 Å². The van der Waals surface area contributed by atoms with Gasteiger partial charge in [0.2, 0.25) is 11.8 Å². The number of esters is 1. The Morgan fingerprint density at radius 1 is 1.17 bits per heavy atom. The third-order valence-electron chi connectivity index (χ3n) is 6.27. The SMILES string of the molecule is Cc1c(Cl)cccc1NC(=O)COC(=O)CN1C(=O)[C@@H]2[C@H]3C[C@@H]([C@H](Br)[C@@H]3Br)[C@@H]2C1=O. The second-order valence-electron chi connectivity index (χ2n) is 7.89. The van der Waals surface area contributed by atoms with E-state index in [4.69, 9.17) is 16.3 Å². The van der Waals surface area contributed by atoms with E-state index >= 15 is 0 Å². The summed E-state index contributed by atoms with van der Waals surface area (Å²) in [7, 11) is 0. The molecule has 1 aliphatic heterocycles. The van der Waals surface area contributed by atoms with Crippen molar-refractivity contribution < 1.29 is 23.9 Å². The molecule has 1 heterocycles. The Hall–Kier alpha value is -1.45. The number of halogens is 3. The highest BCUT2D eigenvalue weighted by molar-refractivity contribution is 9.12. The average molecular weight is 563 g/mol. The van der Waals surface area contributed by atoms with Crippen molar-refractivity contribution in [1.29, 1.82) is 0 Å². The predicted molar refractivity (Wildman–Crippen MR) is 117 cm³/mol. The fraction of sp³-hybridized carbons (Fsp3) is 0.500. The van der Waals surface area contributed by atoms with Crippen LogP contribution in [0.25, 0.3) is 0 Å². The first-order chi connectivity index (χ1) is 14.2. The minimum Gasteiger partial charge on any atom is -0.454 e. The number of rotatable bonds is 5. The maximum atomic E-state index is 12.8. The highest BCUT2D eigenvalue weighted by Gasteiger charge is 2.66. The van der Waals surface area contributed by atoms with E-state index in [-0.39, 0.29) is 45.1 Å². The molecule has 1 saturated heterocycles. The zero-order valence-electron chi connectivity index (χ0n) is 15.9. The number of likely N-dealkylation sites (tertiary alicyclic amines) is 1. The van der Waals surface area contributed by atoms with Gasteiger partial charge in [0.05, 0.1) is 11.8 Å². The summed E-state index contributed by atoms with van der Waals surface area (Å²) in [6.45, 7) is 0.757. The second kappa shape index (κ2) is 8.24. The molecule has 0 aromatic heterocycles. The van der Waals surface area contributed by atoms with Crippen molar-refractivity contribution in [2.45, 2.75) is 23.0 Å². The van der Waals surface area contributed by atoms with Crippen molar-refractivity contribution in [1.82, 2.24) is 4.90 Å². The Balaban J connectivity index is 1.33. The number of nitrogens with zero attached hydrogens (tertiary/aromatic N) is 1. The molecule has 10 heteroatoms. The van der Waals surface area contributed by atoms with Crippen molar-refractivity contribution in [3.63, 3.8) is 0 Å². The third-order valence-corrected chi connectivity index (χ3v) is 9.89. The van der Waals surface area contributed by atoms with Crippen LogP contribution in [0.3, 0.4) is 0 Å². The van der Waals surface area contributed by atoms with Gasteiger partial charge in [0.25, 0.3) is 5.91 Å². The van der Waals surface area contributed by atoms with Crippen LogP contribution in [0.5, 0.6) is 0 Å². The van der Waals surface area contributed by atoms with Crippen LogP contribution in [0.4, 0.5) is 5.69 Å².